The van der Waals surface area contributed by atoms with Crippen LogP contribution in [0.15, 0.2) is 0 Å². The zero-order valence-corrected chi connectivity index (χ0v) is 9.50. The van der Waals surface area contributed by atoms with Gasteiger partial charge in [0.1, 0.15) is 0 Å². The van der Waals surface area contributed by atoms with E-state index in [2.05, 4.69) is 39.5 Å². The first kappa shape index (κ1) is 8.93. The summed E-state index contributed by atoms with van der Waals surface area (Å²) in [6, 6.07) is 0. The Kier molecular flexibility index (Phi) is 1.81. The Labute approximate surface area is 80.5 Å². The molecule has 0 amide bonds. The van der Waals surface area contributed by atoms with Crippen molar-refractivity contribution >= 4 is 11.8 Å². The molecule has 1 aliphatic carbocycles. The molecule has 0 N–H and O–H groups in total. The van der Waals surface area contributed by atoms with E-state index < -0.39 is 0 Å². The average Bonchev–Trinajstić information content (AvgIpc) is 2.62. The summed E-state index contributed by atoms with van der Waals surface area (Å²) in [5, 5.41) is 0. The van der Waals surface area contributed by atoms with Crippen molar-refractivity contribution in [1.29, 1.82) is 0 Å². The molecule has 0 atom stereocenters. The summed E-state index contributed by atoms with van der Waals surface area (Å²) in [5.74, 6) is 3.17. The lowest BCUT2D eigenvalue weighted by atomic mass is 9.65. The lowest BCUT2D eigenvalue weighted by Gasteiger charge is -2.56. The van der Waals surface area contributed by atoms with Gasteiger partial charge in [-0.05, 0) is 30.1 Å². The fourth-order valence-corrected chi connectivity index (χ4v) is 5.63. The molecule has 2 aliphatic rings. The van der Waals surface area contributed by atoms with E-state index in [1.54, 1.807) is 0 Å². The molecule has 2 rings (SSSR count). The number of hydrogen-bond acceptors (Lipinski definition) is 1. The molecule has 70 valence electrons. The Morgan fingerprint density at radius 2 is 1.50 bits per heavy atom. The van der Waals surface area contributed by atoms with Crippen LogP contribution in [0.1, 0.15) is 40.5 Å². The Bertz CT molecular complexity index is 181. The molecule has 0 unspecified atom stereocenters. The smallest absolute Gasteiger partial charge is 0.0230 e. The first-order chi connectivity index (χ1) is 5.55. The van der Waals surface area contributed by atoms with Gasteiger partial charge in [0.25, 0.3) is 0 Å². The highest BCUT2D eigenvalue weighted by molar-refractivity contribution is 8.02. The van der Waals surface area contributed by atoms with E-state index in [1.165, 1.54) is 18.6 Å². The molecule has 0 nitrogen and oxygen atoms in total. The van der Waals surface area contributed by atoms with Gasteiger partial charge in [0.15, 0.2) is 0 Å². The van der Waals surface area contributed by atoms with E-state index in [-0.39, 0.29) is 0 Å². The van der Waals surface area contributed by atoms with Crippen LogP contribution in [0.2, 0.25) is 0 Å². The van der Waals surface area contributed by atoms with Gasteiger partial charge >= 0.3 is 0 Å². The highest BCUT2D eigenvalue weighted by Crippen LogP contribution is 2.74. The number of hydrogen-bond donors (Lipinski definition) is 0. The number of rotatable bonds is 2. The maximum absolute atomic E-state index is 2.42. The van der Waals surface area contributed by atoms with Gasteiger partial charge in [0.05, 0.1) is 0 Å². The first-order valence-corrected chi connectivity index (χ1v) is 6.18. The third-order valence-electron chi connectivity index (χ3n) is 4.20. The molecule has 0 radical (unpaired) electrons. The molecule has 1 heterocycles. The SMILES string of the molecule is CC(C)C1(C(C)C)CSC12CC2. The maximum atomic E-state index is 2.42. The van der Waals surface area contributed by atoms with E-state index in [9.17, 15) is 0 Å². The van der Waals surface area contributed by atoms with Crippen molar-refractivity contribution < 1.29 is 0 Å². The number of thioether (sulfide) groups is 1. The summed E-state index contributed by atoms with van der Waals surface area (Å²) in [4.78, 5) is 0. The Hall–Kier alpha value is 0.350. The van der Waals surface area contributed by atoms with Crippen LogP contribution < -0.4 is 0 Å². The third kappa shape index (κ3) is 0.814. The molecule has 0 aromatic heterocycles. The molecular formula is C11H20S. The molecule has 2 fully saturated rings. The second-order valence-electron chi connectivity index (χ2n) is 5.13. The van der Waals surface area contributed by atoms with Crippen LogP contribution in [0, 0.1) is 17.3 Å². The van der Waals surface area contributed by atoms with Crippen molar-refractivity contribution in [2.45, 2.75) is 45.3 Å². The van der Waals surface area contributed by atoms with Crippen LogP contribution in [0.4, 0.5) is 0 Å². The van der Waals surface area contributed by atoms with Crippen LogP contribution in [-0.4, -0.2) is 10.5 Å². The lowest BCUT2D eigenvalue weighted by Crippen LogP contribution is -2.54. The predicted octanol–water partition coefficient (Wildman–Crippen LogP) is 3.56. The van der Waals surface area contributed by atoms with Crippen molar-refractivity contribution in [1.82, 2.24) is 0 Å². The quantitative estimate of drug-likeness (QED) is 0.632. The summed E-state index contributed by atoms with van der Waals surface area (Å²) < 4.78 is 0.745. The van der Waals surface area contributed by atoms with Gasteiger partial charge in [0, 0.05) is 10.5 Å². The minimum Gasteiger partial charge on any atom is -0.154 e. The molecule has 0 bridgehead atoms. The summed E-state index contributed by atoms with van der Waals surface area (Å²) in [6.45, 7) is 9.67. The van der Waals surface area contributed by atoms with Gasteiger partial charge in [-0.25, -0.2) is 0 Å². The summed E-state index contributed by atoms with van der Waals surface area (Å²) in [7, 11) is 0. The van der Waals surface area contributed by atoms with E-state index in [1.807, 2.05) is 0 Å². The molecular weight excluding hydrogens is 164 g/mol. The second kappa shape index (κ2) is 2.43. The second-order valence-corrected chi connectivity index (χ2v) is 6.49. The zero-order chi connectivity index (χ0) is 8.98. The first-order valence-electron chi connectivity index (χ1n) is 5.19. The third-order valence-corrected chi connectivity index (χ3v) is 6.16. The highest BCUT2D eigenvalue weighted by Gasteiger charge is 2.68. The van der Waals surface area contributed by atoms with E-state index in [0.717, 1.165) is 16.6 Å². The Morgan fingerprint density at radius 3 is 1.58 bits per heavy atom. The highest BCUT2D eigenvalue weighted by atomic mass is 32.2. The fraction of sp³-hybridized carbons (Fsp3) is 1.00. The van der Waals surface area contributed by atoms with Crippen molar-refractivity contribution in [3.8, 4) is 0 Å². The van der Waals surface area contributed by atoms with Gasteiger partial charge in [-0.3, -0.25) is 0 Å². The van der Waals surface area contributed by atoms with E-state index in [4.69, 9.17) is 0 Å². The largest absolute Gasteiger partial charge is 0.154 e. The van der Waals surface area contributed by atoms with Crippen LogP contribution >= 0.6 is 11.8 Å². The molecule has 1 aliphatic heterocycles. The molecule has 1 saturated carbocycles. The van der Waals surface area contributed by atoms with Crippen LogP contribution in [-0.2, 0) is 0 Å². The van der Waals surface area contributed by atoms with Crippen LogP contribution in [0.25, 0.3) is 0 Å². The van der Waals surface area contributed by atoms with Crippen molar-refractivity contribution in [2.24, 2.45) is 17.3 Å². The lowest BCUT2D eigenvalue weighted by molar-refractivity contribution is 0.109. The summed E-state index contributed by atoms with van der Waals surface area (Å²) in [6.07, 6.45) is 2.99. The maximum Gasteiger partial charge on any atom is 0.0230 e. The van der Waals surface area contributed by atoms with Crippen LogP contribution in [0.5, 0.6) is 0 Å². The molecule has 12 heavy (non-hydrogen) atoms. The van der Waals surface area contributed by atoms with Gasteiger partial charge in [-0.15, -0.1) is 0 Å². The van der Waals surface area contributed by atoms with Crippen LogP contribution in [0.3, 0.4) is 0 Å². The van der Waals surface area contributed by atoms with Gasteiger partial charge in [0.2, 0.25) is 0 Å². The normalized spacial score (nSPS) is 29.5. The zero-order valence-electron chi connectivity index (χ0n) is 8.68. The predicted molar refractivity (Wildman–Crippen MR) is 56.5 cm³/mol. The molecule has 1 spiro atoms. The standard InChI is InChI=1S/C11H20S/c1-8(2)11(9(3)4)7-12-10(11)5-6-10/h8-9H,5-7H2,1-4H3. The minimum absolute atomic E-state index is 0.692. The van der Waals surface area contributed by atoms with E-state index in [0.29, 0.717) is 5.41 Å². The molecule has 0 aromatic rings. The topological polar surface area (TPSA) is 0 Å². The van der Waals surface area contributed by atoms with Crippen molar-refractivity contribution in [3.63, 3.8) is 0 Å². The Morgan fingerprint density at radius 1 is 1.00 bits per heavy atom. The van der Waals surface area contributed by atoms with E-state index >= 15 is 0 Å². The van der Waals surface area contributed by atoms with Crippen molar-refractivity contribution in [2.75, 3.05) is 5.75 Å². The Balaban J connectivity index is 2.24. The monoisotopic (exact) mass is 184 g/mol. The average molecular weight is 184 g/mol. The molecule has 1 heteroatoms. The van der Waals surface area contributed by atoms with Gasteiger partial charge in [-0.2, -0.15) is 11.8 Å². The van der Waals surface area contributed by atoms with Gasteiger partial charge < -0.3 is 0 Å². The summed E-state index contributed by atoms with van der Waals surface area (Å²) >= 11 is 2.24. The molecule has 1 saturated heterocycles. The summed E-state index contributed by atoms with van der Waals surface area (Å²) in [5.41, 5.74) is 0.692. The fourth-order valence-electron chi connectivity index (χ4n) is 3.22. The van der Waals surface area contributed by atoms with Gasteiger partial charge in [-0.1, -0.05) is 27.7 Å². The molecule has 0 aromatic carbocycles. The minimum atomic E-state index is 0.692. The van der Waals surface area contributed by atoms with Crippen molar-refractivity contribution in [3.05, 3.63) is 0 Å².